The molecule has 0 radical (unpaired) electrons. The fourth-order valence-corrected chi connectivity index (χ4v) is 3.77. The van der Waals surface area contributed by atoms with Crippen molar-refractivity contribution < 1.29 is 9.53 Å². The Balaban J connectivity index is 1.64. The van der Waals surface area contributed by atoms with Crippen molar-refractivity contribution in [3.8, 4) is 5.75 Å². The lowest BCUT2D eigenvalue weighted by atomic mass is 9.86. The summed E-state index contributed by atoms with van der Waals surface area (Å²) in [7, 11) is 1.73. The van der Waals surface area contributed by atoms with Gasteiger partial charge in [-0.3, -0.25) is 9.69 Å². The molecule has 0 N–H and O–H groups in total. The molecule has 1 aromatic rings. The van der Waals surface area contributed by atoms with Crippen molar-refractivity contribution in [2.24, 2.45) is 5.41 Å². The molecule has 2 aliphatic rings. The van der Waals surface area contributed by atoms with Crippen LogP contribution in [0.15, 0.2) is 24.3 Å². The third-order valence-electron chi connectivity index (χ3n) is 4.99. The van der Waals surface area contributed by atoms with Crippen LogP contribution in [0, 0.1) is 5.41 Å². The molecule has 2 fully saturated rings. The number of ether oxygens (including phenoxy) is 1. The summed E-state index contributed by atoms with van der Waals surface area (Å²) in [6, 6.07) is 8.24. The summed E-state index contributed by atoms with van der Waals surface area (Å²) in [6.45, 7) is 6.69. The first-order chi connectivity index (χ1) is 10.1. The second-order valence-electron chi connectivity index (χ2n) is 6.46. The molecule has 1 amide bonds. The zero-order valence-corrected chi connectivity index (χ0v) is 13.0. The molecule has 1 spiro atoms. The van der Waals surface area contributed by atoms with Crippen molar-refractivity contribution in [2.75, 3.05) is 33.3 Å². The highest BCUT2D eigenvalue weighted by atomic mass is 16.5. The maximum atomic E-state index is 11.5. The molecule has 1 aromatic carbocycles. The van der Waals surface area contributed by atoms with Crippen molar-refractivity contribution in [3.05, 3.63) is 29.8 Å². The van der Waals surface area contributed by atoms with Crippen LogP contribution in [-0.4, -0.2) is 49.0 Å². The molecule has 0 saturated carbocycles. The molecule has 2 saturated heterocycles. The maximum absolute atomic E-state index is 11.5. The fourth-order valence-electron chi connectivity index (χ4n) is 3.77. The van der Waals surface area contributed by atoms with E-state index in [2.05, 4.69) is 17.0 Å². The molecular formula is C17H24N2O2. The summed E-state index contributed by atoms with van der Waals surface area (Å²) in [5.41, 5.74) is 1.58. The Hall–Kier alpha value is -1.55. The average Bonchev–Trinajstić information content (AvgIpc) is 3.07. The SMILES string of the molecule is COc1ccccc1CN1CCC2(CCN(C(C)=O)C2)C1. The van der Waals surface area contributed by atoms with Crippen LogP contribution in [0.4, 0.5) is 0 Å². The predicted molar refractivity (Wildman–Crippen MR) is 82.2 cm³/mol. The van der Waals surface area contributed by atoms with Gasteiger partial charge in [-0.1, -0.05) is 18.2 Å². The molecule has 114 valence electrons. The van der Waals surface area contributed by atoms with Crippen molar-refractivity contribution in [1.29, 1.82) is 0 Å². The number of carbonyl (C=O) groups excluding carboxylic acids is 1. The smallest absolute Gasteiger partial charge is 0.219 e. The van der Waals surface area contributed by atoms with Crippen LogP contribution >= 0.6 is 0 Å². The zero-order valence-electron chi connectivity index (χ0n) is 13.0. The number of hydrogen-bond donors (Lipinski definition) is 0. The third kappa shape index (κ3) is 2.91. The molecule has 0 aliphatic carbocycles. The van der Waals surface area contributed by atoms with Gasteiger partial charge in [0.15, 0.2) is 0 Å². The van der Waals surface area contributed by atoms with E-state index in [1.165, 1.54) is 12.0 Å². The molecule has 2 aliphatic heterocycles. The van der Waals surface area contributed by atoms with E-state index >= 15 is 0 Å². The summed E-state index contributed by atoms with van der Waals surface area (Å²) in [5.74, 6) is 1.19. The monoisotopic (exact) mass is 288 g/mol. The molecule has 0 aromatic heterocycles. The summed E-state index contributed by atoms with van der Waals surface area (Å²) < 4.78 is 5.44. The van der Waals surface area contributed by atoms with Crippen LogP contribution in [0.3, 0.4) is 0 Å². The van der Waals surface area contributed by atoms with Gasteiger partial charge in [0.2, 0.25) is 5.91 Å². The molecule has 3 rings (SSSR count). The number of carbonyl (C=O) groups is 1. The molecular weight excluding hydrogens is 264 g/mol. The van der Waals surface area contributed by atoms with Gasteiger partial charge in [0.05, 0.1) is 7.11 Å². The Morgan fingerprint density at radius 2 is 2.00 bits per heavy atom. The van der Waals surface area contributed by atoms with Gasteiger partial charge in [0.25, 0.3) is 0 Å². The van der Waals surface area contributed by atoms with Gasteiger partial charge in [-0.05, 0) is 25.5 Å². The van der Waals surface area contributed by atoms with E-state index in [0.29, 0.717) is 5.41 Å². The van der Waals surface area contributed by atoms with E-state index in [-0.39, 0.29) is 5.91 Å². The van der Waals surface area contributed by atoms with Crippen molar-refractivity contribution >= 4 is 5.91 Å². The van der Waals surface area contributed by atoms with Gasteiger partial charge >= 0.3 is 0 Å². The lowest BCUT2D eigenvalue weighted by Gasteiger charge is -2.24. The number of likely N-dealkylation sites (tertiary alicyclic amines) is 2. The minimum Gasteiger partial charge on any atom is -0.496 e. The number of para-hydroxylation sites is 1. The highest BCUT2D eigenvalue weighted by Crippen LogP contribution is 2.40. The Morgan fingerprint density at radius 1 is 1.24 bits per heavy atom. The minimum atomic E-state index is 0.218. The van der Waals surface area contributed by atoms with E-state index in [9.17, 15) is 4.79 Å². The van der Waals surface area contributed by atoms with E-state index < -0.39 is 0 Å². The summed E-state index contributed by atoms with van der Waals surface area (Å²) in [4.78, 5) is 16.0. The lowest BCUT2D eigenvalue weighted by Crippen LogP contribution is -2.32. The van der Waals surface area contributed by atoms with Gasteiger partial charge in [-0.2, -0.15) is 0 Å². The second-order valence-corrected chi connectivity index (χ2v) is 6.46. The fraction of sp³-hybridized carbons (Fsp3) is 0.588. The molecule has 1 unspecified atom stereocenters. The number of hydrogen-bond acceptors (Lipinski definition) is 3. The van der Waals surface area contributed by atoms with E-state index in [1.807, 2.05) is 17.0 Å². The third-order valence-corrected chi connectivity index (χ3v) is 4.99. The van der Waals surface area contributed by atoms with Gasteiger partial charge in [0.1, 0.15) is 5.75 Å². The second kappa shape index (κ2) is 5.68. The Labute approximate surface area is 126 Å². The summed E-state index contributed by atoms with van der Waals surface area (Å²) in [5, 5.41) is 0. The quantitative estimate of drug-likeness (QED) is 0.854. The van der Waals surface area contributed by atoms with Gasteiger partial charge < -0.3 is 9.64 Å². The van der Waals surface area contributed by atoms with Crippen LogP contribution in [0.1, 0.15) is 25.3 Å². The molecule has 1 atom stereocenters. The lowest BCUT2D eigenvalue weighted by molar-refractivity contribution is -0.128. The molecule has 4 heteroatoms. The van der Waals surface area contributed by atoms with E-state index in [4.69, 9.17) is 4.74 Å². The summed E-state index contributed by atoms with van der Waals surface area (Å²) in [6.07, 6.45) is 2.35. The number of methoxy groups -OCH3 is 1. The highest BCUT2D eigenvalue weighted by Gasteiger charge is 2.43. The maximum Gasteiger partial charge on any atom is 0.219 e. The molecule has 2 heterocycles. The van der Waals surface area contributed by atoms with Crippen LogP contribution in [0.5, 0.6) is 5.75 Å². The first kappa shape index (κ1) is 14.4. The van der Waals surface area contributed by atoms with Gasteiger partial charge in [-0.25, -0.2) is 0 Å². The number of rotatable bonds is 3. The topological polar surface area (TPSA) is 32.8 Å². The first-order valence-corrected chi connectivity index (χ1v) is 7.72. The van der Waals surface area contributed by atoms with Crippen LogP contribution in [0.2, 0.25) is 0 Å². The van der Waals surface area contributed by atoms with Gasteiger partial charge in [0, 0.05) is 44.1 Å². The van der Waals surface area contributed by atoms with Crippen molar-refractivity contribution in [3.63, 3.8) is 0 Å². The average molecular weight is 288 g/mol. The van der Waals surface area contributed by atoms with Crippen molar-refractivity contribution in [2.45, 2.75) is 26.3 Å². The standard InChI is InChI=1S/C17H24N2O2/c1-14(20)19-10-8-17(13-19)7-9-18(12-17)11-15-5-3-4-6-16(15)21-2/h3-6H,7-13H2,1-2H3. The Bertz CT molecular complexity index is 531. The summed E-state index contributed by atoms with van der Waals surface area (Å²) >= 11 is 0. The normalized spacial score (nSPS) is 25.7. The molecule has 21 heavy (non-hydrogen) atoms. The number of amides is 1. The molecule has 4 nitrogen and oxygen atoms in total. The highest BCUT2D eigenvalue weighted by molar-refractivity contribution is 5.73. The Morgan fingerprint density at radius 3 is 2.71 bits per heavy atom. The minimum absolute atomic E-state index is 0.218. The van der Waals surface area contributed by atoms with Crippen LogP contribution in [-0.2, 0) is 11.3 Å². The largest absolute Gasteiger partial charge is 0.496 e. The van der Waals surface area contributed by atoms with Gasteiger partial charge in [-0.15, -0.1) is 0 Å². The van der Waals surface area contributed by atoms with Crippen molar-refractivity contribution in [1.82, 2.24) is 9.80 Å². The van der Waals surface area contributed by atoms with Crippen LogP contribution < -0.4 is 4.74 Å². The number of nitrogens with zero attached hydrogens (tertiary/aromatic N) is 2. The van der Waals surface area contributed by atoms with E-state index in [0.717, 1.165) is 44.9 Å². The zero-order chi connectivity index (χ0) is 14.9. The molecule has 0 bridgehead atoms. The predicted octanol–water partition coefficient (Wildman–Crippen LogP) is 2.14. The first-order valence-electron chi connectivity index (χ1n) is 7.72. The van der Waals surface area contributed by atoms with Crippen LogP contribution in [0.25, 0.3) is 0 Å². The Kier molecular flexibility index (Phi) is 3.89. The van der Waals surface area contributed by atoms with E-state index in [1.54, 1.807) is 14.0 Å². The number of benzene rings is 1.